The molecule has 8 heteroatoms. The number of hydrogen-bond acceptors (Lipinski definition) is 5. The van der Waals surface area contributed by atoms with Crippen LogP contribution in [-0.2, 0) is 16.0 Å². The van der Waals surface area contributed by atoms with E-state index < -0.39 is 12.0 Å². The third-order valence-corrected chi connectivity index (χ3v) is 6.49. The number of amides is 2. The molecule has 1 aromatic rings. The maximum atomic E-state index is 13.3. The Hall–Kier alpha value is -2.77. The summed E-state index contributed by atoms with van der Waals surface area (Å²) in [7, 11) is 3.09. The minimum atomic E-state index is -0.762. The summed E-state index contributed by atoms with van der Waals surface area (Å²) in [5, 5.41) is 11.1. The van der Waals surface area contributed by atoms with Crippen LogP contribution in [0.25, 0.3) is 0 Å². The molecular formula is C24H36N4O4. The fraction of sp³-hybridized carbons (Fsp3) is 0.625. The van der Waals surface area contributed by atoms with Crippen molar-refractivity contribution in [3.05, 3.63) is 23.8 Å². The smallest absolute Gasteiger partial charge is 0.243 e. The topological polar surface area (TPSA) is 118 Å². The van der Waals surface area contributed by atoms with Crippen LogP contribution in [0.3, 0.4) is 0 Å². The molecule has 0 spiro atoms. The molecule has 0 aromatic heterocycles. The van der Waals surface area contributed by atoms with Crippen molar-refractivity contribution in [2.24, 2.45) is 17.6 Å². The van der Waals surface area contributed by atoms with E-state index in [2.05, 4.69) is 5.32 Å². The summed E-state index contributed by atoms with van der Waals surface area (Å²) in [6.45, 7) is 0.621. The first-order valence-corrected chi connectivity index (χ1v) is 11.6. The van der Waals surface area contributed by atoms with E-state index in [9.17, 15) is 9.59 Å². The molecule has 2 amide bonds. The summed E-state index contributed by atoms with van der Waals surface area (Å²) in [6.07, 6.45) is 8.38. The second-order valence-electron chi connectivity index (χ2n) is 8.96. The number of hydrogen-bond donors (Lipinski definition) is 3. The quantitative estimate of drug-likeness (QED) is 0.379. The van der Waals surface area contributed by atoms with Crippen LogP contribution in [-0.4, -0.2) is 49.5 Å². The summed E-state index contributed by atoms with van der Waals surface area (Å²) in [6, 6.07) is 4.49. The Bertz CT molecular complexity index is 818. The van der Waals surface area contributed by atoms with Crippen LogP contribution in [0.5, 0.6) is 11.5 Å². The van der Waals surface area contributed by atoms with E-state index in [-0.39, 0.29) is 18.2 Å². The fourth-order valence-electron chi connectivity index (χ4n) is 4.48. The number of nitrogens with one attached hydrogen (secondary N) is 2. The highest BCUT2D eigenvalue weighted by atomic mass is 16.5. The van der Waals surface area contributed by atoms with Crippen molar-refractivity contribution in [3.8, 4) is 11.5 Å². The maximum Gasteiger partial charge on any atom is 0.243 e. The Morgan fingerprint density at radius 1 is 1.09 bits per heavy atom. The molecule has 0 bridgehead atoms. The molecule has 1 aromatic carbocycles. The molecule has 2 aliphatic carbocycles. The van der Waals surface area contributed by atoms with E-state index in [4.69, 9.17) is 20.6 Å². The monoisotopic (exact) mass is 444 g/mol. The lowest BCUT2D eigenvalue weighted by molar-refractivity contribution is -0.136. The third-order valence-electron chi connectivity index (χ3n) is 6.49. The van der Waals surface area contributed by atoms with Crippen molar-refractivity contribution >= 4 is 17.8 Å². The molecule has 0 saturated heterocycles. The van der Waals surface area contributed by atoms with Gasteiger partial charge >= 0.3 is 0 Å². The lowest BCUT2D eigenvalue weighted by Crippen LogP contribution is -2.55. The van der Waals surface area contributed by atoms with Gasteiger partial charge in [-0.05, 0) is 48.8 Å². The standard InChI is InChI=1S/C24H36N4O4/c1-31-20-11-10-18(13-21(20)32-2)14-22(29)28(24(25)26)19(12-16-6-4-3-5-7-16)23(30)27-15-17-8-9-17/h10-11,13,16-17,19H,3-9,12,14-15H2,1-2H3,(H3,25,26)(H,27,30)/t19-/m1/s1. The third kappa shape index (κ3) is 6.37. The number of nitrogens with two attached hydrogens (primary N) is 1. The van der Waals surface area contributed by atoms with Crippen LogP contribution in [0.4, 0.5) is 0 Å². The number of guanidine groups is 1. The number of benzene rings is 1. The average Bonchev–Trinajstić information content (AvgIpc) is 3.62. The number of carbonyl (C=O) groups excluding carboxylic acids is 2. The molecule has 1 atom stereocenters. The van der Waals surface area contributed by atoms with E-state index in [1.165, 1.54) is 18.4 Å². The molecule has 176 valence electrons. The molecule has 32 heavy (non-hydrogen) atoms. The van der Waals surface area contributed by atoms with Gasteiger partial charge in [0, 0.05) is 6.54 Å². The van der Waals surface area contributed by atoms with Gasteiger partial charge in [0.1, 0.15) is 6.04 Å². The van der Waals surface area contributed by atoms with Gasteiger partial charge in [0.25, 0.3) is 0 Å². The first kappa shape index (κ1) is 23.9. The minimum Gasteiger partial charge on any atom is -0.493 e. The Kier molecular flexibility index (Phi) is 8.36. The second-order valence-corrected chi connectivity index (χ2v) is 8.96. The highest BCUT2D eigenvalue weighted by Crippen LogP contribution is 2.31. The number of methoxy groups -OCH3 is 2. The van der Waals surface area contributed by atoms with Crippen molar-refractivity contribution in [2.75, 3.05) is 20.8 Å². The summed E-state index contributed by atoms with van der Waals surface area (Å²) in [5.41, 5.74) is 6.57. The van der Waals surface area contributed by atoms with E-state index >= 15 is 0 Å². The Balaban J connectivity index is 1.78. The Morgan fingerprint density at radius 2 is 1.78 bits per heavy atom. The lowest BCUT2D eigenvalue weighted by Gasteiger charge is -2.33. The normalized spacial score (nSPS) is 17.3. The minimum absolute atomic E-state index is 0.0109. The lowest BCUT2D eigenvalue weighted by atomic mass is 9.84. The molecular weight excluding hydrogens is 408 g/mol. The van der Waals surface area contributed by atoms with Crippen LogP contribution >= 0.6 is 0 Å². The van der Waals surface area contributed by atoms with Gasteiger partial charge in [-0.1, -0.05) is 38.2 Å². The van der Waals surface area contributed by atoms with Crippen LogP contribution in [0.15, 0.2) is 18.2 Å². The molecule has 8 nitrogen and oxygen atoms in total. The van der Waals surface area contributed by atoms with Gasteiger partial charge in [0.05, 0.1) is 20.6 Å². The summed E-state index contributed by atoms with van der Waals surface area (Å²) >= 11 is 0. The van der Waals surface area contributed by atoms with Crippen LogP contribution in [0.1, 0.15) is 56.9 Å². The molecule has 0 radical (unpaired) electrons. The first-order valence-electron chi connectivity index (χ1n) is 11.6. The van der Waals surface area contributed by atoms with Crippen LogP contribution in [0.2, 0.25) is 0 Å². The highest BCUT2D eigenvalue weighted by Gasteiger charge is 2.35. The van der Waals surface area contributed by atoms with Crippen molar-refractivity contribution in [1.29, 1.82) is 5.41 Å². The molecule has 2 aliphatic rings. The highest BCUT2D eigenvalue weighted by molar-refractivity contribution is 6.00. The molecule has 2 saturated carbocycles. The Morgan fingerprint density at radius 3 is 2.38 bits per heavy atom. The zero-order valence-corrected chi connectivity index (χ0v) is 19.2. The molecule has 4 N–H and O–H groups in total. The number of ether oxygens (including phenoxy) is 2. The Labute approximate surface area is 190 Å². The molecule has 2 fully saturated rings. The van der Waals surface area contributed by atoms with Gasteiger partial charge in [0.2, 0.25) is 11.8 Å². The number of nitrogens with zero attached hydrogens (tertiary/aromatic N) is 1. The van der Waals surface area contributed by atoms with Gasteiger partial charge in [0.15, 0.2) is 17.5 Å². The van der Waals surface area contributed by atoms with Gasteiger partial charge in [-0.3, -0.25) is 19.9 Å². The van der Waals surface area contributed by atoms with Crippen molar-refractivity contribution in [3.63, 3.8) is 0 Å². The fourth-order valence-corrected chi connectivity index (χ4v) is 4.48. The van der Waals surface area contributed by atoms with E-state index in [0.717, 1.165) is 38.5 Å². The van der Waals surface area contributed by atoms with Gasteiger partial charge in [-0.15, -0.1) is 0 Å². The largest absolute Gasteiger partial charge is 0.493 e. The second kappa shape index (κ2) is 11.2. The van der Waals surface area contributed by atoms with Crippen molar-refractivity contribution < 1.29 is 19.1 Å². The first-order chi connectivity index (χ1) is 15.4. The van der Waals surface area contributed by atoms with Gasteiger partial charge in [-0.25, -0.2) is 0 Å². The summed E-state index contributed by atoms with van der Waals surface area (Å²) < 4.78 is 10.6. The molecule has 0 heterocycles. The summed E-state index contributed by atoms with van der Waals surface area (Å²) in [5.74, 6) is 1.01. The maximum absolute atomic E-state index is 13.3. The zero-order chi connectivity index (χ0) is 23.1. The van der Waals surface area contributed by atoms with Gasteiger partial charge in [-0.2, -0.15) is 0 Å². The van der Waals surface area contributed by atoms with E-state index in [1.807, 2.05) is 0 Å². The SMILES string of the molecule is COc1ccc(CC(=O)N(C(=N)N)[C@H](CC2CCCCC2)C(=O)NCC2CC2)cc1OC. The zero-order valence-electron chi connectivity index (χ0n) is 19.2. The van der Waals surface area contributed by atoms with Crippen LogP contribution < -0.4 is 20.5 Å². The average molecular weight is 445 g/mol. The predicted molar refractivity (Wildman–Crippen MR) is 123 cm³/mol. The molecule has 0 aliphatic heterocycles. The number of rotatable bonds is 10. The van der Waals surface area contributed by atoms with Crippen LogP contribution in [0, 0.1) is 17.2 Å². The van der Waals surface area contributed by atoms with Crippen molar-refractivity contribution in [2.45, 2.75) is 63.8 Å². The van der Waals surface area contributed by atoms with Gasteiger partial charge < -0.3 is 20.5 Å². The van der Waals surface area contributed by atoms with Crippen molar-refractivity contribution in [1.82, 2.24) is 10.2 Å². The van der Waals surface area contributed by atoms with E-state index in [0.29, 0.717) is 41.9 Å². The van der Waals surface area contributed by atoms with E-state index in [1.54, 1.807) is 25.3 Å². The molecule has 3 rings (SSSR count). The summed E-state index contributed by atoms with van der Waals surface area (Å²) in [4.78, 5) is 27.6. The predicted octanol–water partition coefficient (Wildman–Crippen LogP) is 2.83. The number of carbonyl (C=O) groups is 2. The molecule has 0 unspecified atom stereocenters.